The maximum Gasteiger partial charge on any atom is 0.0644 e. The standard InChI is InChI=1S/C16H27BrN2O/c1-6-18-13(4)15-11-14(17)7-8-16(15)19(5)9-10-20-12(2)3/h7-8,11-13,18H,6,9-10H2,1-5H3. The van der Waals surface area contributed by atoms with Crippen molar-refractivity contribution < 1.29 is 4.74 Å². The van der Waals surface area contributed by atoms with Crippen molar-refractivity contribution in [1.82, 2.24) is 5.32 Å². The van der Waals surface area contributed by atoms with Crippen molar-refractivity contribution >= 4 is 21.6 Å². The lowest BCUT2D eigenvalue weighted by Gasteiger charge is -2.26. The first-order chi connectivity index (χ1) is 9.45. The van der Waals surface area contributed by atoms with E-state index in [1.807, 2.05) is 0 Å². The number of likely N-dealkylation sites (N-methyl/N-ethyl adjacent to an activating group) is 1. The van der Waals surface area contributed by atoms with E-state index in [4.69, 9.17) is 4.74 Å². The second kappa shape index (κ2) is 8.65. The number of halogens is 1. The predicted molar refractivity (Wildman–Crippen MR) is 90.6 cm³/mol. The molecule has 1 unspecified atom stereocenters. The Bertz CT molecular complexity index is 409. The van der Waals surface area contributed by atoms with Crippen LogP contribution in [0.25, 0.3) is 0 Å². The Morgan fingerprint density at radius 2 is 2.00 bits per heavy atom. The molecule has 0 heterocycles. The fraction of sp³-hybridized carbons (Fsp3) is 0.625. The molecule has 0 bridgehead atoms. The van der Waals surface area contributed by atoms with Crippen molar-refractivity contribution in [3.63, 3.8) is 0 Å². The summed E-state index contributed by atoms with van der Waals surface area (Å²) in [6, 6.07) is 6.79. The van der Waals surface area contributed by atoms with Crippen LogP contribution in [-0.2, 0) is 4.74 Å². The quantitative estimate of drug-likeness (QED) is 0.773. The van der Waals surface area contributed by atoms with E-state index in [1.165, 1.54) is 11.3 Å². The fourth-order valence-corrected chi connectivity index (χ4v) is 2.56. The molecule has 4 heteroatoms. The van der Waals surface area contributed by atoms with E-state index in [1.54, 1.807) is 0 Å². The Labute approximate surface area is 131 Å². The molecule has 0 fully saturated rings. The van der Waals surface area contributed by atoms with Crippen molar-refractivity contribution in [2.45, 2.75) is 39.8 Å². The third-order valence-electron chi connectivity index (χ3n) is 3.26. The molecular weight excluding hydrogens is 316 g/mol. The highest BCUT2D eigenvalue weighted by molar-refractivity contribution is 9.10. The molecule has 1 N–H and O–H groups in total. The fourth-order valence-electron chi connectivity index (χ4n) is 2.18. The number of nitrogens with zero attached hydrogens (tertiary/aromatic N) is 1. The normalized spacial score (nSPS) is 12.8. The molecule has 20 heavy (non-hydrogen) atoms. The minimum atomic E-state index is 0.286. The van der Waals surface area contributed by atoms with Gasteiger partial charge in [0.1, 0.15) is 0 Å². The maximum absolute atomic E-state index is 5.64. The first-order valence-electron chi connectivity index (χ1n) is 7.31. The second-order valence-electron chi connectivity index (χ2n) is 5.32. The molecule has 0 spiro atoms. The van der Waals surface area contributed by atoms with E-state index in [2.05, 4.69) is 79.1 Å². The number of benzene rings is 1. The summed E-state index contributed by atoms with van der Waals surface area (Å²) in [5.41, 5.74) is 2.57. The lowest BCUT2D eigenvalue weighted by Crippen LogP contribution is -2.27. The van der Waals surface area contributed by atoms with Gasteiger partial charge in [-0.1, -0.05) is 22.9 Å². The molecule has 0 radical (unpaired) electrons. The van der Waals surface area contributed by atoms with Gasteiger partial charge < -0.3 is 15.0 Å². The molecule has 114 valence electrons. The van der Waals surface area contributed by atoms with E-state index in [0.717, 1.165) is 24.2 Å². The van der Waals surface area contributed by atoms with Crippen LogP contribution in [0.2, 0.25) is 0 Å². The molecule has 1 atom stereocenters. The summed E-state index contributed by atoms with van der Waals surface area (Å²) < 4.78 is 6.76. The molecule has 0 aliphatic rings. The third-order valence-corrected chi connectivity index (χ3v) is 3.75. The summed E-state index contributed by atoms with van der Waals surface area (Å²) in [7, 11) is 2.12. The molecule has 0 aromatic heterocycles. The van der Waals surface area contributed by atoms with Crippen molar-refractivity contribution in [3.05, 3.63) is 28.2 Å². The molecule has 1 aromatic rings. The highest BCUT2D eigenvalue weighted by Crippen LogP contribution is 2.28. The lowest BCUT2D eigenvalue weighted by atomic mass is 10.1. The van der Waals surface area contributed by atoms with Gasteiger partial charge in [0.15, 0.2) is 0 Å². The summed E-state index contributed by atoms with van der Waals surface area (Å²) in [5.74, 6) is 0. The zero-order valence-corrected chi connectivity index (χ0v) is 14.8. The number of anilines is 1. The number of nitrogens with one attached hydrogen (secondary N) is 1. The number of rotatable bonds is 8. The van der Waals surface area contributed by atoms with Crippen LogP contribution >= 0.6 is 15.9 Å². The van der Waals surface area contributed by atoms with Crippen LogP contribution in [0.3, 0.4) is 0 Å². The maximum atomic E-state index is 5.64. The average Bonchev–Trinajstić information content (AvgIpc) is 2.38. The molecule has 0 aliphatic carbocycles. The molecule has 0 saturated heterocycles. The van der Waals surface area contributed by atoms with Crippen LogP contribution in [0.1, 0.15) is 39.3 Å². The highest BCUT2D eigenvalue weighted by Gasteiger charge is 2.13. The minimum Gasteiger partial charge on any atom is -0.377 e. The van der Waals surface area contributed by atoms with Crippen LogP contribution < -0.4 is 10.2 Å². The molecule has 0 aliphatic heterocycles. The van der Waals surface area contributed by atoms with Crippen molar-refractivity contribution in [2.75, 3.05) is 31.6 Å². The first-order valence-corrected chi connectivity index (χ1v) is 8.10. The van der Waals surface area contributed by atoms with Gasteiger partial charge in [-0.05, 0) is 51.1 Å². The number of hydrogen-bond acceptors (Lipinski definition) is 3. The molecular formula is C16H27BrN2O. The SMILES string of the molecule is CCNC(C)c1cc(Br)ccc1N(C)CCOC(C)C. The number of ether oxygens (including phenoxy) is 1. The Morgan fingerprint density at radius 1 is 1.30 bits per heavy atom. The van der Waals surface area contributed by atoms with Crippen molar-refractivity contribution in [3.8, 4) is 0 Å². The van der Waals surface area contributed by atoms with Gasteiger partial charge in [0, 0.05) is 29.8 Å². The van der Waals surface area contributed by atoms with Crippen LogP contribution in [0.15, 0.2) is 22.7 Å². The topological polar surface area (TPSA) is 24.5 Å². The van der Waals surface area contributed by atoms with Crippen LogP contribution in [-0.4, -0.2) is 32.8 Å². The van der Waals surface area contributed by atoms with Crippen molar-refractivity contribution in [1.29, 1.82) is 0 Å². The number of hydrogen-bond donors (Lipinski definition) is 1. The van der Waals surface area contributed by atoms with Crippen LogP contribution in [0, 0.1) is 0 Å². The largest absolute Gasteiger partial charge is 0.377 e. The highest BCUT2D eigenvalue weighted by atomic mass is 79.9. The smallest absolute Gasteiger partial charge is 0.0644 e. The first kappa shape index (κ1) is 17.5. The van der Waals surface area contributed by atoms with Crippen LogP contribution in [0.4, 0.5) is 5.69 Å². The van der Waals surface area contributed by atoms with Gasteiger partial charge in [0.05, 0.1) is 12.7 Å². The summed E-state index contributed by atoms with van der Waals surface area (Å²) in [5, 5.41) is 3.48. The zero-order valence-electron chi connectivity index (χ0n) is 13.2. The van der Waals surface area contributed by atoms with Gasteiger partial charge in [-0.2, -0.15) is 0 Å². The van der Waals surface area contributed by atoms with E-state index < -0.39 is 0 Å². The van der Waals surface area contributed by atoms with E-state index in [0.29, 0.717) is 6.04 Å². The average molecular weight is 343 g/mol. The van der Waals surface area contributed by atoms with E-state index >= 15 is 0 Å². The molecule has 0 amide bonds. The Morgan fingerprint density at radius 3 is 2.60 bits per heavy atom. The molecule has 1 rings (SSSR count). The van der Waals surface area contributed by atoms with Gasteiger partial charge in [-0.15, -0.1) is 0 Å². The predicted octanol–water partition coefficient (Wildman–Crippen LogP) is 3.98. The Kier molecular flexibility index (Phi) is 7.56. The molecule has 0 saturated carbocycles. The summed E-state index contributed by atoms with van der Waals surface area (Å²) in [6.07, 6.45) is 0.286. The van der Waals surface area contributed by atoms with Crippen LogP contribution in [0.5, 0.6) is 0 Å². The van der Waals surface area contributed by atoms with Gasteiger partial charge in [-0.3, -0.25) is 0 Å². The minimum absolute atomic E-state index is 0.286. The second-order valence-corrected chi connectivity index (χ2v) is 6.24. The Hall–Kier alpha value is -0.580. The lowest BCUT2D eigenvalue weighted by molar-refractivity contribution is 0.0846. The third kappa shape index (κ3) is 5.43. The van der Waals surface area contributed by atoms with E-state index in [-0.39, 0.29) is 6.10 Å². The summed E-state index contributed by atoms with van der Waals surface area (Å²) in [6.45, 7) is 11.1. The molecule has 1 aromatic carbocycles. The van der Waals surface area contributed by atoms with Gasteiger partial charge in [0.25, 0.3) is 0 Å². The monoisotopic (exact) mass is 342 g/mol. The summed E-state index contributed by atoms with van der Waals surface area (Å²) >= 11 is 3.57. The van der Waals surface area contributed by atoms with Gasteiger partial charge in [0.2, 0.25) is 0 Å². The Balaban J connectivity index is 2.81. The van der Waals surface area contributed by atoms with E-state index in [9.17, 15) is 0 Å². The van der Waals surface area contributed by atoms with Gasteiger partial charge >= 0.3 is 0 Å². The van der Waals surface area contributed by atoms with Crippen molar-refractivity contribution in [2.24, 2.45) is 0 Å². The van der Waals surface area contributed by atoms with Gasteiger partial charge in [-0.25, -0.2) is 0 Å². The zero-order chi connectivity index (χ0) is 15.1. The molecule has 3 nitrogen and oxygen atoms in total. The summed E-state index contributed by atoms with van der Waals surface area (Å²) in [4.78, 5) is 2.26.